The molecular formula is C15H13FO3. The van der Waals surface area contributed by atoms with Crippen molar-refractivity contribution in [3.8, 4) is 22.6 Å². The van der Waals surface area contributed by atoms with Crippen LogP contribution in [0.2, 0.25) is 0 Å². The van der Waals surface area contributed by atoms with Gasteiger partial charge in [0.15, 0.2) is 6.29 Å². The van der Waals surface area contributed by atoms with E-state index in [1.165, 1.54) is 12.1 Å². The van der Waals surface area contributed by atoms with Crippen LogP contribution >= 0.6 is 0 Å². The molecule has 0 aliphatic rings. The molecule has 0 atom stereocenters. The minimum Gasteiger partial charge on any atom is -0.497 e. The van der Waals surface area contributed by atoms with E-state index in [4.69, 9.17) is 9.47 Å². The van der Waals surface area contributed by atoms with Crippen molar-refractivity contribution >= 4 is 6.29 Å². The smallest absolute Gasteiger partial charge is 0.152 e. The van der Waals surface area contributed by atoms with Crippen LogP contribution in [0.4, 0.5) is 4.39 Å². The van der Waals surface area contributed by atoms with Gasteiger partial charge in [0, 0.05) is 5.56 Å². The van der Waals surface area contributed by atoms with Crippen LogP contribution in [0.1, 0.15) is 10.4 Å². The average molecular weight is 260 g/mol. The number of hydrogen-bond donors (Lipinski definition) is 0. The van der Waals surface area contributed by atoms with E-state index in [2.05, 4.69) is 0 Å². The number of rotatable bonds is 4. The van der Waals surface area contributed by atoms with E-state index in [1.807, 2.05) is 0 Å². The first-order valence-electron chi connectivity index (χ1n) is 5.66. The molecule has 0 radical (unpaired) electrons. The lowest BCUT2D eigenvalue weighted by molar-refractivity contribution is 0.112. The van der Waals surface area contributed by atoms with Crippen LogP contribution in [-0.2, 0) is 0 Å². The maximum absolute atomic E-state index is 13.7. The summed E-state index contributed by atoms with van der Waals surface area (Å²) in [5.41, 5.74) is 1.36. The van der Waals surface area contributed by atoms with Crippen molar-refractivity contribution in [1.29, 1.82) is 0 Å². The molecule has 0 aromatic heterocycles. The van der Waals surface area contributed by atoms with Gasteiger partial charge in [-0.05, 0) is 35.9 Å². The van der Waals surface area contributed by atoms with Gasteiger partial charge >= 0.3 is 0 Å². The highest BCUT2D eigenvalue weighted by Crippen LogP contribution is 2.33. The molecule has 4 heteroatoms. The average Bonchev–Trinajstić information content (AvgIpc) is 2.46. The highest BCUT2D eigenvalue weighted by Gasteiger charge is 2.10. The van der Waals surface area contributed by atoms with Crippen LogP contribution in [0.25, 0.3) is 11.1 Å². The second-order valence-electron chi connectivity index (χ2n) is 3.92. The molecule has 0 unspecified atom stereocenters. The molecule has 0 spiro atoms. The first-order valence-corrected chi connectivity index (χ1v) is 5.66. The van der Waals surface area contributed by atoms with Crippen LogP contribution in [0.5, 0.6) is 11.5 Å². The Balaban J connectivity index is 2.56. The van der Waals surface area contributed by atoms with Crippen LogP contribution < -0.4 is 9.47 Å². The Bertz CT molecular complexity index is 608. The number of carbonyl (C=O) groups is 1. The van der Waals surface area contributed by atoms with Crippen LogP contribution in [-0.4, -0.2) is 20.5 Å². The predicted octanol–water partition coefficient (Wildman–Crippen LogP) is 3.32. The van der Waals surface area contributed by atoms with Crippen LogP contribution in [0.3, 0.4) is 0 Å². The Kier molecular flexibility index (Phi) is 3.80. The highest BCUT2D eigenvalue weighted by atomic mass is 19.1. The van der Waals surface area contributed by atoms with E-state index >= 15 is 0 Å². The van der Waals surface area contributed by atoms with Crippen molar-refractivity contribution in [2.24, 2.45) is 0 Å². The molecule has 2 aromatic rings. The number of aldehydes is 1. The summed E-state index contributed by atoms with van der Waals surface area (Å²) in [7, 11) is 3.10. The zero-order chi connectivity index (χ0) is 13.8. The molecule has 0 bridgehead atoms. The van der Waals surface area contributed by atoms with Gasteiger partial charge in [-0.2, -0.15) is 0 Å². The van der Waals surface area contributed by atoms with Crippen molar-refractivity contribution in [2.45, 2.75) is 0 Å². The summed E-state index contributed by atoms with van der Waals surface area (Å²) >= 11 is 0. The fourth-order valence-electron chi connectivity index (χ4n) is 1.83. The van der Waals surface area contributed by atoms with E-state index in [1.54, 1.807) is 38.5 Å². The molecule has 0 fully saturated rings. The van der Waals surface area contributed by atoms with Crippen molar-refractivity contribution in [1.82, 2.24) is 0 Å². The summed E-state index contributed by atoms with van der Waals surface area (Å²) in [6, 6.07) is 9.69. The second kappa shape index (κ2) is 5.52. The molecule has 0 N–H and O–H groups in total. The van der Waals surface area contributed by atoms with Crippen LogP contribution in [0.15, 0.2) is 36.4 Å². The Hall–Kier alpha value is -2.36. The van der Waals surface area contributed by atoms with Gasteiger partial charge in [0.05, 0.1) is 19.8 Å². The number of methoxy groups -OCH3 is 2. The number of carbonyl (C=O) groups excluding carboxylic acids is 1. The zero-order valence-corrected chi connectivity index (χ0v) is 10.6. The Morgan fingerprint density at radius 1 is 1.05 bits per heavy atom. The maximum Gasteiger partial charge on any atom is 0.152 e. The maximum atomic E-state index is 13.7. The van der Waals surface area contributed by atoms with Gasteiger partial charge in [-0.25, -0.2) is 4.39 Å². The molecule has 0 saturated carbocycles. The normalized spacial score (nSPS) is 10.1. The standard InChI is InChI=1S/C15H13FO3/c1-18-12-5-6-15(19-2)13(8-12)10-3-4-11(9-17)14(16)7-10/h3-9H,1-2H3. The Labute approximate surface area is 110 Å². The van der Waals surface area contributed by atoms with Crippen LogP contribution in [0, 0.1) is 5.82 Å². The molecule has 0 saturated heterocycles. The van der Waals surface area contributed by atoms with E-state index < -0.39 is 5.82 Å². The van der Waals surface area contributed by atoms with Crippen molar-refractivity contribution in [3.05, 3.63) is 47.8 Å². The monoisotopic (exact) mass is 260 g/mol. The SMILES string of the molecule is COc1ccc(OC)c(-c2ccc(C=O)c(F)c2)c1. The molecule has 2 rings (SSSR count). The first-order chi connectivity index (χ1) is 9.19. The van der Waals surface area contributed by atoms with Gasteiger partial charge in [-0.15, -0.1) is 0 Å². The zero-order valence-electron chi connectivity index (χ0n) is 10.6. The third-order valence-corrected chi connectivity index (χ3v) is 2.85. The lowest BCUT2D eigenvalue weighted by Gasteiger charge is -2.11. The second-order valence-corrected chi connectivity index (χ2v) is 3.92. The van der Waals surface area contributed by atoms with Crippen molar-refractivity contribution in [2.75, 3.05) is 14.2 Å². The Morgan fingerprint density at radius 3 is 2.42 bits per heavy atom. The summed E-state index contributed by atoms with van der Waals surface area (Å²) in [4.78, 5) is 10.6. The fourth-order valence-corrected chi connectivity index (χ4v) is 1.83. The summed E-state index contributed by atoms with van der Waals surface area (Å²) in [5.74, 6) is 0.701. The largest absolute Gasteiger partial charge is 0.497 e. The molecule has 98 valence electrons. The molecule has 19 heavy (non-hydrogen) atoms. The summed E-state index contributed by atoms with van der Waals surface area (Å²) < 4.78 is 24.0. The van der Waals surface area contributed by atoms with Gasteiger partial charge < -0.3 is 9.47 Å². The topological polar surface area (TPSA) is 35.5 Å². The van der Waals surface area contributed by atoms with E-state index in [0.29, 0.717) is 28.9 Å². The molecule has 3 nitrogen and oxygen atoms in total. The van der Waals surface area contributed by atoms with Gasteiger partial charge in [0.2, 0.25) is 0 Å². The quantitative estimate of drug-likeness (QED) is 0.791. The van der Waals surface area contributed by atoms with Crippen molar-refractivity contribution in [3.63, 3.8) is 0 Å². The predicted molar refractivity (Wildman–Crippen MR) is 70.3 cm³/mol. The molecule has 0 aliphatic carbocycles. The summed E-state index contributed by atoms with van der Waals surface area (Å²) in [6.07, 6.45) is 0.488. The highest BCUT2D eigenvalue weighted by molar-refractivity contribution is 5.79. The van der Waals surface area contributed by atoms with Gasteiger partial charge in [-0.3, -0.25) is 4.79 Å². The molecule has 0 amide bonds. The summed E-state index contributed by atoms with van der Waals surface area (Å²) in [5, 5.41) is 0. The van der Waals surface area contributed by atoms with Gasteiger partial charge in [0.1, 0.15) is 17.3 Å². The number of halogens is 1. The van der Waals surface area contributed by atoms with E-state index in [-0.39, 0.29) is 5.56 Å². The Morgan fingerprint density at radius 2 is 1.84 bits per heavy atom. The minimum absolute atomic E-state index is 0.0330. The van der Waals surface area contributed by atoms with E-state index in [9.17, 15) is 9.18 Å². The van der Waals surface area contributed by atoms with E-state index in [0.717, 1.165) is 0 Å². The summed E-state index contributed by atoms with van der Waals surface area (Å²) in [6.45, 7) is 0. The fraction of sp³-hybridized carbons (Fsp3) is 0.133. The molecule has 0 aliphatic heterocycles. The number of hydrogen-bond acceptors (Lipinski definition) is 3. The molecular weight excluding hydrogens is 247 g/mol. The minimum atomic E-state index is -0.558. The molecule has 2 aromatic carbocycles. The van der Waals surface area contributed by atoms with Gasteiger partial charge in [-0.1, -0.05) is 6.07 Å². The third kappa shape index (κ3) is 2.57. The lowest BCUT2D eigenvalue weighted by Crippen LogP contribution is -1.92. The lowest BCUT2D eigenvalue weighted by atomic mass is 10.0. The van der Waals surface area contributed by atoms with Crippen molar-refractivity contribution < 1.29 is 18.7 Å². The first kappa shape index (κ1) is 13.1. The van der Waals surface area contributed by atoms with Gasteiger partial charge in [0.25, 0.3) is 0 Å². The number of benzene rings is 2. The number of ether oxygens (including phenoxy) is 2. The third-order valence-electron chi connectivity index (χ3n) is 2.85. The molecule has 0 heterocycles.